The van der Waals surface area contributed by atoms with Crippen molar-refractivity contribution in [3.8, 4) is 0 Å². The van der Waals surface area contributed by atoms with Crippen LogP contribution in [-0.4, -0.2) is 19.2 Å². The van der Waals surface area contributed by atoms with Crippen LogP contribution in [-0.2, 0) is 11.3 Å². The predicted molar refractivity (Wildman–Crippen MR) is 105 cm³/mol. The molecule has 1 atom stereocenters. The van der Waals surface area contributed by atoms with E-state index in [0.29, 0.717) is 12.6 Å². The predicted octanol–water partition coefficient (Wildman–Crippen LogP) is 5.41. The Labute approximate surface area is 160 Å². The van der Waals surface area contributed by atoms with Crippen LogP contribution < -0.4 is 5.32 Å². The number of benzene rings is 2. The van der Waals surface area contributed by atoms with E-state index in [1.807, 2.05) is 0 Å². The second kappa shape index (κ2) is 9.43. The Balaban J connectivity index is 1.69. The molecule has 0 bridgehead atoms. The number of rotatable bonds is 8. The van der Waals surface area contributed by atoms with Crippen LogP contribution in [0.25, 0.3) is 0 Å². The maximum Gasteiger partial charge on any atom is 0.131 e. The van der Waals surface area contributed by atoms with Gasteiger partial charge in [-0.25, -0.2) is 8.78 Å². The van der Waals surface area contributed by atoms with E-state index in [9.17, 15) is 8.78 Å². The first kappa shape index (κ1) is 20.0. The lowest BCUT2D eigenvalue weighted by atomic mass is 9.91. The van der Waals surface area contributed by atoms with Gasteiger partial charge in [-0.15, -0.1) is 0 Å². The molecule has 2 aromatic carbocycles. The van der Waals surface area contributed by atoms with Crippen LogP contribution in [0.1, 0.15) is 53.9 Å². The normalized spacial score (nSPS) is 16.0. The van der Waals surface area contributed by atoms with Gasteiger partial charge in [-0.05, 0) is 55.5 Å². The second-order valence-electron chi connectivity index (χ2n) is 7.61. The van der Waals surface area contributed by atoms with Crippen molar-refractivity contribution in [3.05, 3.63) is 70.3 Å². The van der Waals surface area contributed by atoms with Gasteiger partial charge in [0.2, 0.25) is 0 Å². The lowest BCUT2D eigenvalue weighted by Crippen LogP contribution is -2.32. The van der Waals surface area contributed by atoms with Gasteiger partial charge in [0.25, 0.3) is 0 Å². The topological polar surface area (TPSA) is 21.3 Å². The summed E-state index contributed by atoms with van der Waals surface area (Å²) in [6.07, 6.45) is 5.02. The molecule has 0 heterocycles. The minimum absolute atomic E-state index is 0.00140. The quantitative estimate of drug-likeness (QED) is 0.668. The van der Waals surface area contributed by atoms with E-state index in [1.54, 1.807) is 0 Å². The molecular formula is C23H29F2NO. The summed E-state index contributed by atoms with van der Waals surface area (Å²) in [4.78, 5) is 0. The van der Waals surface area contributed by atoms with Gasteiger partial charge in [-0.1, -0.05) is 37.1 Å². The summed E-state index contributed by atoms with van der Waals surface area (Å²) in [5.41, 5.74) is 3.74. The fourth-order valence-electron chi connectivity index (χ4n) is 4.13. The molecule has 3 rings (SSSR count). The van der Waals surface area contributed by atoms with Crippen LogP contribution in [0.4, 0.5) is 8.78 Å². The Morgan fingerprint density at radius 1 is 1.00 bits per heavy atom. The number of nitrogens with one attached hydrogen (secondary N) is 1. The molecule has 0 aliphatic heterocycles. The zero-order chi connectivity index (χ0) is 19.2. The Kier molecular flexibility index (Phi) is 6.97. The Morgan fingerprint density at radius 3 is 2.22 bits per heavy atom. The number of hydrogen-bond acceptors (Lipinski definition) is 2. The molecular weight excluding hydrogens is 344 g/mol. The molecule has 2 aromatic rings. The van der Waals surface area contributed by atoms with E-state index in [4.69, 9.17) is 4.74 Å². The molecule has 27 heavy (non-hydrogen) atoms. The second-order valence-corrected chi connectivity index (χ2v) is 7.61. The molecule has 0 saturated heterocycles. The van der Waals surface area contributed by atoms with Crippen molar-refractivity contribution >= 4 is 0 Å². The standard InChI is InChI=1S/C23H29F2NO/c1-16-7-5-8-17(2)23(16)18(13-26-19-9-3-4-10-19)14-27-15-20-21(24)11-6-12-22(20)25/h5-8,11-12,18-19,26H,3-4,9-10,13-15H2,1-2H3. The van der Waals surface area contributed by atoms with Crippen molar-refractivity contribution in [1.82, 2.24) is 5.32 Å². The van der Waals surface area contributed by atoms with Gasteiger partial charge in [0.15, 0.2) is 0 Å². The first-order valence-corrected chi connectivity index (χ1v) is 9.86. The summed E-state index contributed by atoms with van der Waals surface area (Å²) in [6.45, 7) is 5.42. The summed E-state index contributed by atoms with van der Waals surface area (Å²) in [5.74, 6) is -0.952. The van der Waals surface area contributed by atoms with Gasteiger partial charge < -0.3 is 10.1 Å². The Morgan fingerprint density at radius 2 is 1.59 bits per heavy atom. The first-order chi connectivity index (χ1) is 13.1. The lowest BCUT2D eigenvalue weighted by Gasteiger charge is -2.24. The fourth-order valence-corrected chi connectivity index (χ4v) is 4.13. The van der Waals surface area contributed by atoms with Crippen LogP contribution >= 0.6 is 0 Å². The van der Waals surface area contributed by atoms with E-state index in [1.165, 1.54) is 60.6 Å². The molecule has 1 saturated carbocycles. The summed E-state index contributed by atoms with van der Waals surface area (Å²) in [6, 6.07) is 10.8. The highest BCUT2D eigenvalue weighted by Crippen LogP contribution is 2.26. The van der Waals surface area contributed by atoms with Crippen molar-refractivity contribution < 1.29 is 13.5 Å². The van der Waals surface area contributed by atoms with Gasteiger partial charge in [0.05, 0.1) is 13.2 Å². The number of aryl methyl sites for hydroxylation is 2. The maximum absolute atomic E-state index is 13.8. The van der Waals surface area contributed by atoms with Gasteiger partial charge >= 0.3 is 0 Å². The zero-order valence-electron chi connectivity index (χ0n) is 16.2. The Hall–Kier alpha value is -1.78. The Bertz CT molecular complexity index is 716. The van der Waals surface area contributed by atoms with E-state index in [2.05, 4.69) is 37.4 Å². The molecule has 0 amide bonds. The highest BCUT2D eigenvalue weighted by Gasteiger charge is 2.21. The minimum atomic E-state index is -0.553. The first-order valence-electron chi connectivity index (χ1n) is 9.86. The van der Waals surface area contributed by atoms with E-state index >= 15 is 0 Å². The molecule has 1 N–H and O–H groups in total. The summed E-state index contributed by atoms with van der Waals surface area (Å²) in [5, 5.41) is 3.68. The van der Waals surface area contributed by atoms with Crippen LogP contribution in [0.2, 0.25) is 0 Å². The smallest absolute Gasteiger partial charge is 0.131 e. The van der Waals surface area contributed by atoms with E-state index < -0.39 is 11.6 Å². The van der Waals surface area contributed by atoms with Gasteiger partial charge in [-0.2, -0.15) is 0 Å². The molecule has 1 fully saturated rings. The average Bonchev–Trinajstić information content (AvgIpc) is 3.15. The molecule has 4 heteroatoms. The van der Waals surface area contributed by atoms with Crippen LogP contribution in [0, 0.1) is 25.5 Å². The van der Waals surface area contributed by atoms with Crippen LogP contribution in [0.15, 0.2) is 36.4 Å². The number of hydrogen-bond donors (Lipinski definition) is 1. The monoisotopic (exact) mass is 373 g/mol. The van der Waals surface area contributed by atoms with Crippen molar-refractivity contribution in [2.24, 2.45) is 0 Å². The molecule has 1 unspecified atom stereocenters. The van der Waals surface area contributed by atoms with Gasteiger partial charge in [0.1, 0.15) is 11.6 Å². The highest BCUT2D eigenvalue weighted by atomic mass is 19.1. The number of ether oxygens (including phenoxy) is 1. The summed E-state index contributed by atoms with van der Waals surface area (Å²) in [7, 11) is 0. The molecule has 2 nitrogen and oxygen atoms in total. The molecule has 0 spiro atoms. The fraction of sp³-hybridized carbons (Fsp3) is 0.478. The molecule has 0 radical (unpaired) electrons. The van der Waals surface area contributed by atoms with E-state index in [-0.39, 0.29) is 18.1 Å². The van der Waals surface area contributed by atoms with Crippen LogP contribution in [0.5, 0.6) is 0 Å². The van der Waals surface area contributed by atoms with Crippen molar-refractivity contribution in [3.63, 3.8) is 0 Å². The molecule has 1 aliphatic carbocycles. The molecule has 0 aromatic heterocycles. The summed E-state index contributed by atoms with van der Waals surface area (Å²) >= 11 is 0. The van der Waals surface area contributed by atoms with Gasteiger partial charge in [-0.3, -0.25) is 0 Å². The lowest BCUT2D eigenvalue weighted by molar-refractivity contribution is 0.101. The van der Waals surface area contributed by atoms with Crippen LogP contribution in [0.3, 0.4) is 0 Å². The summed E-state index contributed by atoms with van der Waals surface area (Å²) < 4.78 is 33.5. The third-order valence-corrected chi connectivity index (χ3v) is 5.59. The van der Waals surface area contributed by atoms with E-state index in [0.717, 1.165) is 6.54 Å². The minimum Gasteiger partial charge on any atom is -0.376 e. The van der Waals surface area contributed by atoms with Gasteiger partial charge in [0, 0.05) is 24.1 Å². The SMILES string of the molecule is Cc1cccc(C)c1C(CNC1CCCC1)COCc1c(F)cccc1F. The van der Waals surface area contributed by atoms with Crippen molar-refractivity contribution in [2.75, 3.05) is 13.2 Å². The molecule has 1 aliphatic rings. The van der Waals surface area contributed by atoms with Crippen molar-refractivity contribution in [2.45, 2.75) is 58.1 Å². The largest absolute Gasteiger partial charge is 0.376 e. The van der Waals surface area contributed by atoms with Crippen molar-refractivity contribution in [1.29, 1.82) is 0 Å². The highest BCUT2D eigenvalue weighted by molar-refractivity contribution is 5.37. The third-order valence-electron chi connectivity index (χ3n) is 5.59. The zero-order valence-corrected chi connectivity index (χ0v) is 16.2. The third kappa shape index (κ3) is 5.14. The average molecular weight is 373 g/mol. The molecule has 146 valence electrons. The number of halogens is 2. The maximum atomic E-state index is 13.8.